The second-order valence-corrected chi connectivity index (χ2v) is 4.85. The Morgan fingerprint density at radius 3 is 2.88 bits per heavy atom. The van der Waals surface area contributed by atoms with Crippen LogP contribution in [0.2, 0.25) is 0 Å². The van der Waals surface area contributed by atoms with Crippen LogP contribution in [-0.2, 0) is 13.5 Å². The van der Waals surface area contributed by atoms with Gasteiger partial charge in [-0.3, -0.25) is 16.0 Å². The predicted octanol–water partition coefficient (Wildman–Crippen LogP) is 1.93. The summed E-state index contributed by atoms with van der Waals surface area (Å²) in [5.41, 5.74) is 5.14. The Bertz CT molecular complexity index is 495. The fourth-order valence-corrected chi connectivity index (χ4v) is 2.32. The zero-order valence-electron chi connectivity index (χ0n) is 9.60. The first kappa shape index (κ1) is 12.3. The first-order valence-electron chi connectivity index (χ1n) is 5.39. The van der Waals surface area contributed by atoms with Crippen molar-refractivity contribution in [1.82, 2.24) is 15.2 Å². The van der Waals surface area contributed by atoms with Gasteiger partial charge in [0.2, 0.25) is 0 Å². The van der Waals surface area contributed by atoms with E-state index in [2.05, 4.69) is 38.6 Å². The quantitative estimate of drug-likeness (QED) is 0.669. The SMILES string of the molecule is Cn1nccc1C(Cc1cccc(Br)c1)NN. The largest absolute Gasteiger partial charge is 0.271 e. The first-order chi connectivity index (χ1) is 8.20. The Morgan fingerprint density at radius 2 is 2.29 bits per heavy atom. The Hall–Kier alpha value is -1.17. The minimum Gasteiger partial charge on any atom is -0.271 e. The lowest BCUT2D eigenvalue weighted by atomic mass is 10.0. The number of rotatable bonds is 4. The Kier molecular flexibility index (Phi) is 3.93. The number of hydrazine groups is 1. The molecule has 0 saturated heterocycles. The van der Waals surface area contributed by atoms with Crippen molar-refractivity contribution in [3.05, 3.63) is 52.3 Å². The maximum atomic E-state index is 5.62. The Morgan fingerprint density at radius 1 is 1.47 bits per heavy atom. The van der Waals surface area contributed by atoms with Crippen LogP contribution in [-0.4, -0.2) is 9.78 Å². The highest BCUT2D eigenvalue weighted by Gasteiger charge is 2.13. The summed E-state index contributed by atoms with van der Waals surface area (Å²) in [6, 6.07) is 10.3. The van der Waals surface area contributed by atoms with E-state index in [9.17, 15) is 0 Å². The molecule has 0 aliphatic carbocycles. The minimum absolute atomic E-state index is 0.0665. The summed E-state index contributed by atoms with van der Waals surface area (Å²) in [6.07, 6.45) is 2.61. The molecule has 0 amide bonds. The van der Waals surface area contributed by atoms with Crippen LogP contribution in [0.3, 0.4) is 0 Å². The molecule has 17 heavy (non-hydrogen) atoms. The molecule has 1 heterocycles. The van der Waals surface area contributed by atoms with Crippen LogP contribution in [0.25, 0.3) is 0 Å². The maximum absolute atomic E-state index is 5.62. The molecule has 3 N–H and O–H groups in total. The number of nitrogens with two attached hydrogens (primary N) is 1. The number of nitrogens with one attached hydrogen (secondary N) is 1. The third kappa shape index (κ3) is 2.94. The monoisotopic (exact) mass is 294 g/mol. The van der Waals surface area contributed by atoms with Crippen molar-refractivity contribution in [2.45, 2.75) is 12.5 Å². The van der Waals surface area contributed by atoms with E-state index in [0.29, 0.717) is 0 Å². The van der Waals surface area contributed by atoms with Gasteiger partial charge in [0.25, 0.3) is 0 Å². The summed E-state index contributed by atoms with van der Waals surface area (Å²) in [4.78, 5) is 0. The van der Waals surface area contributed by atoms with Crippen molar-refractivity contribution >= 4 is 15.9 Å². The minimum atomic E-state index is 0.0665. The van der Waals surface area contributed by atoms with Gasteiger partial charge >= 0.3 is 0 Å². The number of halogens is 1. The van der Waals surface area contributed by atoms with Gasteiger partial charge in [-0.1, -0.05) is 28.1 Å². The van der Waals surface area contributed by atoms with Crippen molar-refractivity contribution < 1.29 is 0 Å². The van der Waals surface area contributed by atoms with Crippen LogP contribution in [0.15, 0.2) is 41.0 Å². The third-order valence-electron chi connectivity index (χ3n) is 2.75. The van der Waals surface area contributed by atoms with Crippen LogP contribution < -0.4 is 11.3 Å². The topological polar surface area (TPSA) is 55.9 Å². The van der Waals surface area contributed by atoms with Crippen LogP contribution in [0.4, 0.5) is 0 Å². The summed E-state index contributed by atoms with van der Waals surface area (Å²) in [6.45, 7) is 0. The van der Waals surface area contributed by atoms with E-state index >= 15 is 0 Å². The summed E-state index contributed by atoms with van der Waals surface area (Å²) < 4.78 is 2.92. The maximum Gasteiger partial charge on any atom is 0.0669 e. The average molecular weight is 295 g/mol. The zero-order chi connectivity index (χ0) is 12.3. The lowest BCUT2D eigenvalue weighted by Gasteiger charge is -2.16. The van der Waals surface area contributed by atoms with Gasteiger partial charge in [-0.15, -0.1) is 0 Å². The fraction of sp³-hybridized carbons (Fsp3) is 0.250. The van der Waals surface area contributed by atoms with Crippen molar-refractivity contribution in [2.75, 3.05) is 0 Å². The smallest absolute Gasteiger partial charge is 0.0669 e. The molecule has 2 rings (SSSR count). The molecule has 0 bridgehead atoms. The van der Waals surface area contributed by atoms with Gasteiger partial charge in [-0.05, 0) is 30.2 Å². The second kappa shape index (κ2) is 5.44. The summed E-state index contributed by atoms with van der Waals surface area (Å²) in [5, 5.41) is 4.16. The lowest BCUT2D eigenvalue weighted by Crippen LogP contribution is -2.31. The highest BCUT2D eigenvalue weighted by Crippen LogP contribution is 2.19. The van der Waals surface area contributed by atoms with E-state index in [0.717, 1.165) is 16.6 Å². The van der Waals surface area contributed by atoms with Crippen molar-refractivity contribution in [3.8, 4) is 0 Å². The van der Waals surface area contributed by atoms with Crippen molar-refractivity contribution in [1.29, 1.82) is 0 Å². The number of aryl methyl sites for hydroxylation is 1. The van der Waals surface area contributed by atoms with E-state index < -0.39 is 0 Å². The predicted molar refractivity (Wildman–Crippen MR) is 71.1 cm³/mol. The van der Waals surface area contributed by atoms with Gasteiger partial charge in [-0.2, -0.15) is 5.10 Å². The molecule has 0 aliphatic rings. The fourth-order valence-electron chi connectivity index (χ4n) is 1.87. The molecule has 90 valence electrons. The van der Waals surface area contributed by atoms with Crippen LogP contribution >= 0.6 is 15.9 Å². The van der Waals surface area contributed by atoms with E-state index in [1.807, 2.05) is 29.9 Å². The summed E-state index contributed by atoms with van der Waals surface area (Å²) in [5.74, 6) is 5.62. The first-order valence-corrected chi connectivity index (χ1v) is 6.18. The Labute approximate surface area is 109 Å². The van der Waals surface area contributed by atoms with Crippen LogP contribution in [0.1, 0.15) is 17.3 Å². The Balaban J connectivity index is 2.19. The lowest BCUT2D eigenvalue weighted by molar-refractivity contribution is 0.508. The molecular weight excluding hydrogens is 280 g/mol. The standard InChI is InChI=1S/C12H15BrN4/c1-17-12(5-6-15-17)11(16-14)8-9-3-2-4-10(13)7-9/h2-7,11,16H,8,14H2,1H3. The molecule has 1 aromatic heterocycles. The van der Waals surface area contributed by atoms with E-state index in [1.165, 1.54) is 5.56 Å². The number of nitrogens with zero attached hydrogens (tertiary/aromatic N) is 2. The molecular formula is C12H15BrN4. The molecule has 0 radical (unpaired) electrons. The van der Waals surface area contributed by atoms with E-state index in [1.54, 1.807) is 6.20 Å². The van der Waals surface area contributed by atoms with E-state index in [-0.39, 0.29) is 6.04 Å². The number of benzene rings is 1. The summed E-state index contributed by atoms with van der Waals surface area (Å²) >= 11 is 3.47. The van der Waals surface area contributed by atoms with Crippen molar-refractivity contribution in [2.24, 2.45) is 12.9 Å². The molecule has 0 saturated carbocycles. The highest BCUT2D eigenvalue weighted by molar-refractivity contribution is 9.10. The van der Waals surface area contributed by atoms with Gasteiger partial charge < -0.3 is 0 Å². The van der Waals surface area contributed by atoms with Gasteiger partial charge in [-0.25, -0.2) is 0 Å². The molecule has 5 heteroatoms. The summed E-state index contributed by atoms with van der Waals surface area (Å²) in [7, 11) is 1.92. The zero-order valence-corrected chi connectivity index (χ0v) is 11.2. The normalized spacial score (nSPS) is 12.6. The van der Waals surface area contributed by atoms with Gasteiger partial charge in [0.05, 0.1) is 11.7 Å². The average Bonchev–Trinajstić information content (AvgIpc) is 2.72. The number of aromatic nitrogens is 2. The van der Waals surface area contributed by atoms with Crippen LogP contribution in [0, 0.1) is 0 Å². The second-order valence-electron chi connectivity index (χ2n) is 3.93. The van der Waals surface area contributed by atoms with Gasteiger partial charge in [0.1, 0.15) is 0 Å². The third-order valence-corrected chi connectivity index (χ3v) is 3.24. The van der Waals surface area contributed by atoms with E-state index in [4.69, 9.17) is 5.84 Å². The van der Waals surface area contributed by atoms with Gasteiger partial charge in [0, 0.05) is 17.7 Å². The molecule has 1 atom stereocenters. The molecule has 0 spiro atoms. The van der Waals surface area contributed by atoms with Gasteiger partial charge in [0.15, 0.2) is 0 Å². The highest BCUT2D eigenvalue weighted by atomic mass is 79.9. The number of hydrogen-bond donors (Lipinski definition) is 2. The molecule has 1 unspecified atom stereocenters. The molecule has 1 aromatic carbocycles. The van der Waals surface area contributed by atoms with Crippen molar-refractivity contribution in [3.63, 3.8) is 0 Å². The molecule has 2 aromatic rings. The molecule has 4 nitrogen and oxygen atoms in total. The molecule has 0 fully saturated rings. The van der Waals surface area contributed by atoms with Crippen LogP contribution in [0.5, 0.6) is 0 Å². The number of hydrogen-bond acceptors (Lipinski definition) is 3. The molecule has 0 aliphatic heterocycles.